The molecule has 62 valence electrons. The molecule has 0 aromatic carbocycles. The largest absolute Gasteiger partial charge is 0.499 e. The number of hydrogen-bond donors (Lipinski definition) is 2. The van der Waals surface area contributed by atoms with Crippen molar-refractivity contribution in [2.24, 2.45) is 5.73 Å². The van der Waals surface area contributed by atoms with Crippen LogP contribution in [0.2, 0.25) is 0 Å². The first-order valence-electron chi connectivity index (χ1n) is 3.19. The zero-order valence-corrected chi connectivity index (χ0v) is 7.54. The van der Waals surface area contributed by atoms with Crippen LogP contribution in [0, 0.1) is 0 Å². The summed E-state index contributed by atoms with van der Waals surface area (Å²) in [6, 6.07) is 3.32. The third-order valence-electron chi connectivity index (χ3n) is 1.44. The van der Waals surface area contributed by atoms with Crippen LogP contribution in [-0.2, 0) is 0 Å². The Labute approximate surface area is 76.1 Å². The average Bonchev–Trinajstić information content (AvgIpc) is 2.42. The fourth-order valence-electron chi connectivity index (χ4n) is 0.948. The fraction of sp³-hybridized carbons (Fsp3) is 0. The van der Waals surface area contributed by atoms with Gasteiger partial charge in [0.05, 0.1) is 8.89 Å². The second kappa shape index (κ2) is 2.46. The summed E-state index contributed by atoms with van der Waals surface area (Å²) in [6.07, 6.45) is 0. The first-order chi connectivity index (χ1) is 5.66. The van der Waals surface area contributed by atoms with Gasteiger partial charge in [-0.3, -0.25) is 4.79 Å². The van der Waals surface area contributed by atoms with Crippen molar-refractivity contribution in [3.05, 3.63) is 17.0 Å². The molecule has 0 aliphatic rings. The molecule has 0 unspecified atom stereocenters. The highest BCUT2D eigenvalue weighted by molar-refractivity contribution is 7.39. The lowest BCUT2D eigenvalue weighted by Gasteiger charge is -1.82. The number of nitrogens with two attached hydrogens (primary N) is 1. The van der Waals surface area contributed by atoms with E-state index in [0.717, 1.165) is 9.40 Å². The van der Waals surface area contributed by atoms with Crippen LogP contribution in [-0.4, -0.2) is 11.0 Å². The molecule has 0 aliphatic carbocycles. The normalized spacial score (nSPS) is 10.7. The minimum Gasteiger partial charge on any atom is -0.499 e. The summed E-state index contributed by atoms with van der Waals surface area (Å²) < 4.78 is 0.932. The van der Waals surface area contributed by atoms with Gasteiger partial charge in [0.1, 0.15) is 0 Å². The number of primary amides is 1. The highest BCUT2D eigenvalue weighted by Crippen LogP contribution is 2.36. The summed E-state index contributed by atoms with van der Waals surface area (Å²) in [4.78, 5) is 11.3. The summed E-state index contributed by atoms with van der Waals surface area (Å²) in [6.45, 7) is 0. The van der Waals surface area contributed by atoms with E-state index in [-0.39, 0.29) is 5.06 Å². The van der Waals surface area contributed by atoms with Gasteiger partial charge in [-0.2, -0.15) is 0 Å². The van der Waals surface area contributed by atoms with Crippen LogP contribution in [0.3, 0.4) is 0 Å². The van der Waals surface area contributed by atoms with E-state index < -0.39 is 5.91 Å². The zero-order valence-electron chi connectivity index (χ0n) is 5.90. The molecule has 2 heterocycles. The summed E-state index contributed by atoms with van der Waals surface area (Å²) in [5, 5.41) is 10.2. The van der Waals surface area contributed by atoms with Crippen molar-refractivity contribution in [1.29, 1.82) is 0 Å². The van der Waals surface area contributed by atoms with E-state index in [1.165, 1.54) is 22.7 Å². The summed E-state index contributed by atoms with van der Waals surface area (Å²) in [5.74, 6) is -0.414. The lowest BCUT2D eigenvalue weighted by molar-refractivity contribution is 0.100. The molecule has 1 amide bonds. The molecule has 3 nitrogen and oxygen atoms in total. The molecule has 5 heteroatoms. The lowest BCUT2D eigenvalue weighted by atomic mass is 10.3. The molecule has 0 saturated carbocycles. The summed E-state index contributed by atoms with van der Waals surface area (Å²) >= 11 is 2.57. The van der Waals surface area contributed by atoms with Crippen molar-refractivity contribution in [3.8, 4) is 5.06 Å². The monoisotopic (exact) mass is 199 g/mol. The molecule has 3 N–H and O–H groups in total. The Morgan fingerprint density at radius 2 is 2.17 bits per heavy atom. The summed E-state index contributed by atoms with van der Waals surface area (Å²) in [7, 11) is 0. The number of aromatic hydroxyl groups is 1. The van der Waals surface area contributed by atoms with E-state index in [1.54, 1.807) is 12.1 Å². The Bertz CT molecular complexity index is 412. The van der Waals surface area contributed by atoms with Crippen molar-refractivity contribution in [1.82, 2.24) is 0 Å². The highest BCUT2D eigenvalue weighted by atomic mass is 32.2. The smallest absolute Gasteiger partial charge is 0.258 e. The van der Waals surface area contributed by atoms with Gasteiger partial charge in [-0.1, -0.05) is 11.3 Å². The van der Waals surface area contributed by atoms with Crippen LogP contribution in [0.4, 0.5) is 0 Å². The van der Waals surface area contributed by atoms with Crippen LogP contribution in [0.25, 0.3) is 9.40 Å². The summed E-state index contributed by atoms with van der Waals surface area (Å²) in [5.41, 5.74) is 5.09. The van der Waals surface area contributed by atoms with Gasteiger partial charge in [0, 0.05) is 11.5 Å². The highest BCUT2D eigenvalue weighted by Gasteiger charge is 2.08. The lowest BCUT2D eigenvalue weighted by Crippen LogP contribution is -2.07. The van der Waals surface area contributed by atoms with Gasteiger partial charge < -0.3 is 10.8 Å². The van der Waals surface area contributed by atoms with Gasteiger partial charge in [0.2, 0.25) is 0 Å². The first-order valence-corrected chi connectivity index (χ1v) is 4.82. The number of carbonyl (C=O) groups is 1. The number of carbonyl (C=O) groups excluding carboxylic acids is 1. The minimum atomic E-state index is -0.414. The molecular formula is C7H5NO2S2. The zero-order chi connectivity index (χ0) is 8.72. The maximum Gasteiger partial charge on any atom is 0.258 e. The second-order valence-corrected chi connectivity index (χ2v) is 4.64. The van der Waals surface area contributed by atoms with Crippen molar-refractivity contribution < 1.29 is 9.90 Å². The van der Waals surface area contributed by atoms with Gasteiger partial charge in [0.15, 0.2) is 5.06 Å². The third kappa shape index (κ3) is 1.07. The third-order valence-corrected chi connectivity index (χ3v) is 3.65. The van der Waals surface area contributed by atoms with Crippen molar-refractivity contribution in [3.63, 3.8) is 0 Å². The Morgan fingerprint density at radius 1 is 1.42 bits per heavy atom. The first kappa shape index (κ1) is 7.57. The molecule has 12 heavy (non-hydrogen) atoms. The van der Waals surface area contributed by atoms with Gasteiger partial charge in [0.25, 0.3) is 5.91 Å². The van der Waals surface area contributed by atoms with E-state index >= 15 is 0 Å². The molecule has 0 atom stereocenters. The standard InChI is InChI=1S/C7H5NO2S2/c8-6(10)4-1-3-2-5(9)12-7(3)11-4/h1-2,9H,(H2,8,10). The van der Waals surface area contributed by atoms with Gasteiger partial charge >= 0.3 is 0 Å². The molecule has 2 aromatic heterocycles. The van der Waals surface area contributed by atoms with Crippen LogP contribution in [0.1, 0.15) is 9.67 Å². The Hall–Kier alpha value is -1.07. The van der Waals surface area contributed by atoms with Crippen LogP contribution in [0.5, 0.6) is 5.06 Å². The van der Waals surface area contributed by atoms with Crippen molar-refractivity contribution in [2.75, 3.05) is 0 Å². The van der Waals surface area contributed by atoms with E-state index in [9.17, 15) is 4.79 Å². The predicted molar refractivity (Wildman–Crippen MR) is 49.9 cm³/mol. The Morgan fingerprint density at radius 3 is 2.75 bits per heavy atom. The topological polar surface area (TPSA) is 63.3 Å². The Balaban J connectivity index is 2.64. The molecule has 0 spiro atoms. The van der Waals surface area contributed by atoms with E-state index in [4.69, 9.17) is 10.8 Å². The SMILES string of the molecule is NC(=O)c1cc2cc(O)sc2s1. The number of hydrogen-bond acceptors (Lipinski definition) is 4. The maximum atomic E-state index is 10.7. The number of fused-ring (bicyclic) bond motifs is 1. The van der Waals surface area contributed by atoms with Crippen molar-refractivity contribution >= 4 is 38.0 Å². The molecule has 2 aromatic rings. The molecule has 0 radical (unpaired) electrons. The molecular weight excluding hydrogens is 194 g/mol. The molecule has 0 bridgehead atoms. The van der Waals surface area contributed by atoms with E-state index in [0.29, 0.717) is 4.88 Å². The molecule has 0 fully saturated rings. The maximum absolute atomic E-state index is 10.7. The number of thiophene rings is 2. The van der Waals surface area contributed by atoms with E-state index in [1.807, 2.05) is 0 Å². The average molecular weight is 199 g/mol. The van der Waals surface area contributed by atoms with Crippen LogP contribution < -0.4 is 5.73 Å². The fourth-order valence-corrected chi connectivity index (χ4v) is 2.97. The number of rotatable bonds is 1. The predicted octanol–water partition coefficient (Wildman–Crippen LogP) is 1.77. The van der Waals surface area contributed by atoms with E-state index in [2.05, 4.69) is 0 Å². The number of amides is 1. The molecule has 2 rings (SSSR count). The van der Waals surface area contributed by atoms with Gasteiger partial charge in [-0.05, 0) is 6.07 Å². The van der Waals surface area contributed by atoms with Crippen molar-refractivity contribution in [2.45, 2.75) is 0 Å². The minimum absolute atomic E-state index is 0.271. The molecule has 0 aliphatic heterocycles. The molecule has 0 saturated heterocycles. The van der Waals surface area contributed by atoms with Crippen LogP contribution >= 0.6 is 22.7 Å². The van der Waals surface area contributed by atoms with Gasteiger partial charge in [-0.25, -0.2) is 0 Å². The Kier molecular flexibility index (Phi) is 1.55. The van der Waals surface area contributed by atoms with Gasteiger partial charge in [-0.15, -0.1) is 11.3 Å². The second-order valence-electron chi connectivity index (χ2n) is 2.30. The van der Waals surface area contributed by atoms with Crippen LogP contribution in [0.15, 0.2) is 12.1 Å². The quantitative estimate of drug-likeness (QED) is 0.735.